The summed E-state index contributed by atoms with van der Waals surface area (Å²) in [7, 11) is 2.44. The minimum atomic E-state index is 1.17. The number of fused-ring (bicyclic) bond motifs is 12. The number of aromatic amines is 1. The van der Waals surface area contributed by atoms with Crippen molar-refractivity contribution in [1.29, 1.82) is 0 Å². The molecule has 0 aliphatic carbocycles. The molecule has 8 aromatic carbocycles. The number of anilines is 3. The summed E-state index contributed by atoms with van der Waals surface area (Å²) in [5.41, 5.74) is 12.1. The van der Waals surface area contributed by atoms with Gasteiger partial charge < -0.3 is 9.88 Å². The average molecular weight is 696 g/mol. The van der Waals surface area contributed by atoms with Crippen LogP contribution in [0, 0.1) is 6.92 Å². The van der Waals surface area contributed by atoms with Crippen LogP contribution in [0.25, 0.3) is 84.0 Å². The smallest absolute Gasteiger partial charge is 0.197 e. The van der Waals surface area contributed by atoms with Gasteiger partial charge in [0.15, 0.2) is 7.28 Å². The van der Waals surface area contributed by atoms with E-state index in [1.807, 2.05) is 22.7 Å². The molecule has 3 aromatic heterocycles. The molecule has 0 bridgehead atoms. The molecule has 1 aliphatic rings. The summed E-state index contributed by atoms with van der Waals surface area (Å²) in [6.07, 6.45) is 0. The number of hydrogen-bond acceptors (Lipinski definition) is 3. The van der Waals surface area contributed by atoms with E-state index in [9.17, 15) is 0 Å². The summed E-state index contributed by atoms with van der Waals surface area (Å²) in [4.78, 5) is 6.40. The maximum atomic E-state index is 3.87. The van der Waals surface area contributed by atoms with Crippen molar-refractivity contribution in [3.8, 4) is 11.1 Å². The van der Waals surface area contributed by atoms with Crippen LogP contribution in [0.15, 0.2) is 146 Å². The van der Waals surface area contributed by atoms with Gasteiger partial charge in [-0.3, -0.25) is 0 Å². The van der Waals surface area contributed by atoms with Crippen LogP contribution in [0.3, 0.4) is 0 Å². The molecule has 52 heavy (non-hydrogen) atoms. The number of aromatic nitrogens is 1. The minimum absolute atomic E-state index is 1.17. The molecule has 0 saturated heterocycles. The fraction of sp³-hybridized carbons (Fsp3) is 0.0213. The van der Waals surface area contributed by atoms with Gasteiger partial charge >= 0.3 is 0 Å². The van der Waals surface area contributed by atoms with E-state index in [0.717, 1.165) is 0 Å². The largest absolute Gasteiger partial charge is 0.354 e. The molecule has 241 valence electrons. The van der Waals surface area contributed by atoms with Crippen LogP contribution in [0.4, 0.5) is 17.1 Å². The number of para-hydroxylation sites is 1. The van der Waals surface area contributed by atoms with Crippen molar-refractivity contribution < 1.29 is 0 Å². The highest BCUT2D eigenvalue weighted by Gasteiger charge is 2.30. The molecular weight excluding hydrogens is 667 g/mol. The Labute approximate surface area is 308 Å². The Kier molecular flexibility index (Phi) is 5.86. The summed E-state index contributed by atoms with van der Waals surface area (Å²) in [6.45, 7) is 2.24. The summed E-state index contributed by atoms with van der Waals surface area (Å²) in [5, 5.41) is 10.3. The first kappa shape index (κ1) is 28.8. The van der Waals surface area contributed by atoms with Crippen molar-refractivity contribution in [2.45, 2.75) is 6.92 Å². The van der Waals surface area contributed by atoms with Crippen LogP contribution in [-0.2, 0) is 0 Å². The number of benzene rings is 8. The van der Waals surface area contributed by atoms with Gasteiger partial charge in [-0.1, -0.05) is 90.4 Å². The Balaban J connectivity index is 1.14. The van der Waals surface area contributed by atoms with Gasteiger partial charge in [-0.05, 0) is 94.9 Å². The Morgan fingerprint density at radius 2 is 1.19 bits per heavy atom. The van der Waals surface area contributed by atoms with E-state index in [1.54, 1.807) is 0 Å². The maximum absolute atomic E-state index is 3.87. The molecule has 0 atom stereocenters. The lowest BCUT2D eigenvalue weighted by Gasteiger charge is -2.35. The number of aryl methyl sites for hydroxylation is 1. The van der Waals surface area contributed by atoms with Crippen LogP contribution in [0.1, 0.15) is 5.56 Å². The van der Waals surface area contributed by atoms with E-state index in [4.69, 9.17) is 0 Å². The zero-order valence-corrected chi connectivity index (χ0v) is 29.8. The van der Waals surface area contributed by atoms with Crippen LogP contribution in [0.2, 0.25) is 0 Å². The molecule has 0 spiro atoms. The molecule has 1 aliphatic heterocycles. The van der Waals surface area contributed by atoms with E-state index in [0.29, 0.717) is 0 Å². The van der Waals surface area contributed by atoms with Crippen molar-refractivity contribution in [3.05, 3.63) is 151 Å². The van der Waals surface area contributed by atoms with Gasteiger partial charge in [0.05, 0.1) is 5.52 Å². The number of H-pyrrole nitrogens is 1. The Bertz CT molecular complexity index is 3310. The molecule has 0 saturated carbocycles. The standard InChI is InChI=1S/C47H28BN2S2/c1-26-19-37(33-14-8-13-32-34-21-27-9-2-3-10-28(27)22-39(34)49-47(32)33)46-41(20-26)50(29-17-18-44-35(23-29)30-11-4-6-15-42(30)51-44)40-24-36-31-12-5-7-16-43(31)52-45(36)25-38(40)48-46/h2-25,49H,1H3. The maximum Gasteiger partial charge on any atom is 0.197 e. The summed E-state index contributed by atoms with van der Waals surface area (Å²) >= 11 is 3.75. The first-order valence-corrected chi connectivity index (χ1v) is 19.4. The first-order valence-electron chi connectivity index (χ1n) is 17.7. The zero-order valence-electron chi connectivity index (χ0n) is 28.2. The van der Waals surface area contributed by atoms with Crippen molar-refractivity contribution in [2.75, 3.05) is 4.90 Å². The van der Waals surface area contributed by atoms with Crippen LogP contribution in [-0.4, -0.2) is 12.3 Å². The topological polar surface area (TPSA) is 19.0 Å². The highest BCUT2D eigenvalue weighted by Crippen LogP contribution is 2.45. The predicted octanol–water partition coefficient (Wildman–Crippen LogP) is 12.6. The molecule has 2 nitrogen and oxygen atoms in total. The second-order valence-corrected chi connectivity index (χ2v) is 16.3. The van der Waals surface area contributed by atoms with Crippen LogP contribution in [0.5, 0.6) is 0 Å². The molecule has 1 N–H and O–H groups in total. The van der Waals surface area contributed by atoms with Gasteiger partial charge in [-0.2, -0.15) is 0 Å². The fourth-order valence-corrected chi connectivity index (χ4v) is 10.9. The summed E-state index contributed by atoms with van der Waals surface area (Å²) < 4.78 is 5.28. The molecule has 0 amide bonds. The fourth-order valence-electron chi connectivity index (χ4n) is 8.68. The lowest BCUT2D eigenvalue weighted by atomic mass is 9.58. The number of nitrogens with zero attached hydrogens (tertiary/aromatic N) is 1. The molecule has 4 heterocycles. The normalized spacial score (nSPS) is 12.8. The van der Waals surface area contributed by atoms with Gasteiger partial charge in [0.1, 0.15) is 0 Å². The van der Waals surface area contributed by atoms with Gasteiger partial charge in [0.2, 0.25) is 0 Å². The highest BCUT2D eigenvalue weighted by molar-refractivity contribution is 7.26. The van der Waals surface area contributed by atoms with Gasteiger partial charge in [0.25, 0.3) is 0 Å². The van der Waals surface area contributed by atoms with E-state index >= 15 is 0 Å². The molecule has 0 fully saturated rings. The lowest BCUT2D eigenvalue weighted by Crippen LogP contribution is -2.41. The predicted molar refractivity (Wildman–Crippen MR) is 229 cm³/mol. The molecule has 12 rings (SSSR count). The van der Waals surface area contributed by atoms with Crippen molar-refractivity contribution in [2.24, 2.45) is 0 Å². The quantitative estimate of drug-likeness (QED) is 0.178. The number of hydrogen-bond donors (Lipinski definition) is 1. The van der Waals surface area contributed by atoms with Crippen molar-refractivity contribution in [3.63, 3.8) is 0 Å². The molecule has 1 radical (unpaired) electrons. The van der Waals surface area contributed by atoms with E-state index < -0.39 is 0 Å². The third kappa shape index (κ3) is 4.06. The van der Waals surface area contributed by atoms with Gasteiger partial charge in [-0.25, -0.2) is 0 Å². The lowest BCUT2D eigenvalue weighted by molar-refractivity contribution is 1.29. The van der Waals surface area contributed by atoms with Gasteiger partial charge in [-0.15, -0.1) is 22.7 Å². The third-order valence-electron chi connectivity index (χ3n) is 11.0. The van der Waals surface area contributed by atoms with Gasteiger partial charge in [0, 0.05) is 79.3 Å². The zero-order chi connectivity index (χ0) is 34.1. The van der Waals surface area contributed by atoms with Crippen LogP contribution >= 0.6 is 22.7 Å². The monoisotopic (exact) mass is 695 g/mol. The molecule has 0 unspecified atom stereocenters. The summed E-state index contributed by atoms with van der Waals surface area (Å²) in [6, 6.07) is 54.3. The molecule has 11 aromatic rings. The first-order chi connectivity index (χ1) is 25.6. The average Bonchev–Trinajstić information content (AvgIpc) is 3.85. The van der Waals surface area contributed by atoms with Crippen molar-refractivity contribution >= 4 is 131 Å². The summed E-state index contributed by atoms with van der Waals surface area (Å²) in [5.74, 6) is 0. The second kappa shape index (κ2) is 10.6. The van der Waals surface area contributed by atoms with Crippen LogP contribution < -0.4 is 15.8 Å². The Hall–Kier alpha value is -5.88. The second-order valence-electron chi connectivity index (χ2n) is 14.1. The number of nitrogens with one attached hydrogen (secondary N) is 1. The molecular formula is C47H28BN2S2. The van der Waals surface area contributed by atoms with Crippen molar-refractivity contribution in [1.82, 2.24) is 4.98 Å². The highest BCUT2D eigenvalue weighted by atomic mass is 32.1. The Morgan fingerprint density at radius 3 is 2.02 bits per heavy atom. The Morgan fingerprint density at radius 1 is 0.500 bits per heavy atom. The van der Waals surface area contributed by atoms with E-state index in [-0.39, 0.29) is 0 Å². The number of thiophene rings is 2. The third-order valence-corrected chi connectivity index (χ3v) is 13.3. The number of rotatable bonds is 2. The minimum Gasteiger partial charge on any atom is -0.354 e. The molecule has 5 heteroatoms. The SMILES string of the molecule is Cc1cc(-c2cccc3c2[nH]c2cc4ccccc4cc23)c2c(c1)N(c1ccc3sc4ccccc4c3c1)c1cc3c(cc1[B]2)sc1ccccc13. The van der Waals surface area contributed by atoms with E-state index in [1.165, 1.54) is 118 Å². The van der Waals surface area contributed by atoms with E-state index in [2.05, 4.69) is 170 Å².